The molecular formula is C14H20ClN3O2. The molecule has 0 saturated carbocycles. The van der Waals surface area contributed by atoms with Gasteiger partial charge >= 0.3 is 0 Å². The second kappa shape index (κ2) is 8.55. The van der Waals surface area contributed by atoms with Crippen molar-refractivity contribution in [3.8, 4) is 0 Å². The Morgan fingerprint density at radius 1 is 1.25 bits per heavy atom. The van der Waals surface area contributed by atoms with Crippen molar-refractivity contribution in [3.05, 3.63) is 35.9 Å². The molecule has 1 aromatic rings. The molecule has 1 saturated heterocycles. The van der Waals surface area contributed by atoms with Crippen LogP contribution in [0.25, 0.3) is 0 Å². The van der Waals surface area contributed by atoms with E-state index in [0.717, 1.165) is 6.42 Å². The second-order valence-electron chi connectivity index (χ2n) is 4.59. The fourth-order valence-corrected chi connectivity index (χ4v) is 2.06. The van der Waals surface area contributed by atoms with Crippen LogP contribution in [-0.2, 0) is 16.0 Å². The Morgan fingerprint density at radius 3 is 2.70 bits per heavy atom. The molecule has 0 radical (unpaired) electrons. The number of rotatable bonds is 5. The maximum absolute atomic E-state index is 11.7. The molecule has 6 heteroatoms. The van der Waals surface area contributed by atoms with E-state index in [1.54, 1.807) is 0 Å². The first-order valence-electron chi connectivity index (χ1n) is 6.57. The maximum Gasteiger partial charge on any atom is 0.237 e. The summed E-state index contributed by atoms with van der Waals surface area (Å²) in [4.78, 5) is 23.2. The molecule has 20 heavy (non-hydrogen) atoms. The van der Waals surface area contributed by atoms with Crippen LogP contribution in [0.2, 0.25) is 0 Å². The molecule has 2 rings (SSSR count). The van der Waals surface area contributed by atoms with Crippen LogP contribution in [0.1, 0.15) is 12.0 Å². The SMILES string of the molecule is Cl.O=C(CC1NCCNC1=O)NCCc1ccccc1. The Bertz CT molecular complexity index is 439. The number of nitrogens with one attached hydrogen (secondary N) is 3. The van der Waals surface area contributed by atoms with Gasteiger partial charge in [0.2, 0.25) is 11.8 Å². The Balaban J connectivity index is 0.00000200. The Kier molecular flexibility index (Phi) is 7.04. The molecule has 5 nitrogen and oxygen atoms in total. The number of benzene rings is 1. The van der Waals surface area contributed by atoms with Crippen molar-refractivity contribution in [2.24, 2.45) is 0 Å². The molecule has 1 aromatic carbocycles. The van der Waals surface area contributed by atoms with Gasteiger partial charge in [-0.15, -0.1) is 12.4 Å². The van der Waals surface area contributed by atoms with Crippen molar-refractivity contribution >= 4 is 24.2 Å². The third kappa shape index (κ3) is 5.19. The second-order valence-corrected chi connectivity index (χ2v) is 4.59. The topological polar surface area (TPSA) is 70.2 Å². The predicted molar refractivity (Wildman–Crippen MR) is 79.8 cm³/mol. The summed E-state index contributed by atoms with van der Waals surface area (Å²) in [5, 5.41) is 8.61. The van der Waals surface area contributed by atoms with Crippen LogP contribution in [0.4, 0.5) is 0 Å². The Hall–Kier alpha value is -1.59. The summed E-state index contributed by atoms with van der Waals surface area (Å²) < 4.78 is 0. The largest absolute Gasteiger partial charge is 0.356 e. The van der Waals surface area contributed by atoms with Crippen LogP contribution in [0.3, 0.4) is 0 Å². The van der Waals surface area contributed by atoms with E-state index < -0.39 is 6.04 Å². The van der Waals surface area contributed by atoms with Crippen molar-refractivity contribution < 1.29 is 9.59 Å². The van der Waals surface area contributed by atoms with Crippen LogP contribution in [0.15, 0.2) is 30.3 Å². The van der Waals surface area contributed by atoms with E-state index in [9.17, 15) is 9.59 Å². The van der Waals surface area contributed by atoms with Gasteiger partial charge in [-0.25, -0.2) is 0 Å². The lowest BCUT2D eigenvalue weighted by Gasteiger charge is -2.22. The number of piperazine rings is 1. The average molecular weight is 298 g/mol. The maximum atomic E-state index is 11.7. The highest BCUT2D eigenvalue weighted by Crippen LogP contribution is 1.99. The van der Waals surface area contributed by atoms with Crippen LogP contribution in [0, 0.1) is 0 Å². The van der Waals surface area contributed by atoms with E-state index in [4.69, 9.17) is 0 Å². The van der Waals surface area contributed by atoms with E-state index >= 15 is 0 Å². The van der Waals surface area contributed by atoms with Gasteiger partial charge in [-0.1, -0.05) is 30.3 Å². The fraction of sp³-hybridized carbons (Fsp3) is 0.429. The molecule has 1 aliphatic rings. The van der Waals surface area contributed by atoms with Crippen molar-refractivity contribution in [1.29, 1.82) is 0 Å². The van der Waals surface area contributed by atoms with Crippen molar-refractivity contribution in [2.45, 2.75) is 18.9 Å². The lowest BCUT2D eigenvalue weighted by molar-refractivity contribution is -0.129. The van der Waals surface area contributed by atoms with Gasteiger partial charge in [0.1, 0.15) is 0 Å². The van der Waals surface area contributed by atoms with E-state index in [2.05, 4.69) is 16.0 Å². The zero-order chi connectivity index (χ0) is 13.5. The number of carbonyl (C=O) groups is 2. The van der Waals surface area contributed by atoms with Gasteiger partial charge in [-0.05, 0) is 12.0 Å². The summed E-state index contributed by atoms with van der Waals surface area (Å²) in [5.41, 5.74) is 1.19. The first-order chi connectivity index (χ1) is 9.25. The molecule has 0 spiro atoms. The van der Waals surface area contributed by atoms with Gasteiger partial charge in [0, 0.05) is 19.6 Å². The first-order valence-corrected chi connectivity index (χ1v) is 6.57. The quantitative estimate of drug-likeness (QED) is 0.729. The monoisotopic (exact) mass is 297 g/mol. The third-order valence-electron chi connectivity index (χ3n) is 3.10. The van der Waals surface area contributed by atoms with Gasteiger partial charge < -0.3 is 16.0 Å². The molecule has 2 amide bonds. The number of carbonyl (C=O) groups excluding carboxylic acids is 2. The lowest BCUT2D eigenvalue weighted by atomic mass is 10.1. The van der Waals surface area contributed by atoms with Gasteiger partial charge in [0.15, 0.2) is 0 Å². The number of hydrogen-bond donors (Lipinski definition) is 3. The van der Waals surface area contributed by atoms with E-state index in [0.29, 0.717) is 19.6 Å². The summed E-state index contributed by atoms with van der Waals surface area (Å²) in [5.74, 6) is -0.185. The third-order valence-corrected chi connectivity index (χ3v) is 3.10. The Labute approximate surface area is 124 Å². The average Bonchev–Trinajstić information content (AvgIpc) is 2.43. The summed E-state index contributed by atoms with van der Waals surface area (Å²) in [6.07, 6.45) is 0.998. The van der Waals surface area contributed by atoms with Crippen LogP contribution < -0.4 is 16.0 Å². The molecule has 1 aliphatic heterocycles. The smallest absolute Gasteiger partial charge is 0.237 e. The van der Waals surface area contributed by atoms with Crippen LogP contribution >= 0.6 is 12.4 Å². The summed E-state index contributed by atoms with van der Waals surface area (Å²) in [7, 11) is 0. The zero-order valence-corrected chi connectivity index (χ0v) is 12.0. The van der Waals surface area contributed by atoms with Crippen LogP contribution in [0.5, 0.6) is 0 Å². The molecule has 0 bridgehead atoms. The van der Waals surface area contributed by atoms with Crippen molar-refractivity contribution in [1.82, 2.24) is 16.0 Å². The van der Waals surface area contributed by atoms with E-state index in [1.807, 2.05) is 30.3 Å². The summed E-state index contributed by atoms with van der Waals surface area (Å²) >= 11 is 0. The first kappa shape index (κ1) is 16.5. The fourth-order valence-electron chi connectivity index (χ4n) is 2.06. The zero-order valence-electron chi connectivity index (χ0n) is 11.2. The molecule has 110 valence electrons. The van der Waals surface area contributed by atoms with E-state index in [1.165, 1.54) is 5.56 Å². The van der Waals surface area contributed by atoms with Crippen molar-refractivity contribution in [3.63, 3.8) is 0 Å². The minimum absolute atomic E-state index is 0. The molecule has 0 aromatic heterocycles. The molecule has 1 atom stereocenters. The summed E-state index contributed by atoms with van der Waals surface area (Å²) in [6, 6.07) is 9.59. The van der Waals surface area contributed by atoms with Gasteiger partial charge in [0.05, 0.1) is 12.5 Å². The normalized spacial score (nSPS) is 17.8. The van der Waals surface area contributed by atoms with Gasteiger partial charge in [-0.3, -0.25) is 9.59 Å². The summed E-state index contributed by atoms with van der Waals surface area (Å²) in [6.45, 7) is 1.94. The lowest BCUT2D eigenvalue weighted by Crippen LogP contribution is -2.54. The number of amides is 2. The molecule has 1 heterocycles. The highest BCUT2D eigenvalue weighted by molar-refractivity contribution is 5.88. The van der Waals surface area contributed by atoms with E-state index in [-0.39, 0.29) is 30.6 Å². The van der Waals surface area contributed by atoms with Gasteiger partial charge in [-0.2, -0.15) is 0 Å². The van der Waals surface area contributed by atoms with Crippen LogP contribution in [-0.4, -0.2) is 37.5 Å². The highest BCUT2D eigenvalue weighted by atomic mass is 35.5. The Morgan fingerprint density at radius 2 is 2.00 bits per heavy atom. The minimum Gasteiger partial charge on any atom is -0.356 e. The predicted octanol–water partition coefficient (Wildman–Crippen LogP) is 0.245. The molecule has 0 aliphatic carbocycles. The minimum atomic E-state index is -0.398. The van der Waals surface area contributed by atoms with Crippen molar-refractivity contribution in [2.75, 3.05) is 19.6 Å². The molecule has 1 fully saturated rings. The number of hydrogen-bond acceptors (Lipinski definition) is 3. The molecular weight excluding hydrogens is 278 g/mol. The highest BCUT2D eigenvalue weighted by Gasteiger charge is 2.23. The molecule has 1 unspecified atom stereocenters. The number of halogens is 1. The van der Waals surface area contributed by atoms with Gasteiger partial charge in [0.25, 0.3) is 0 Å². The standard InChI is InChI=1S/C14H19N3O2.ClH/c18-13(10-12-14(19)17-9-8-15-12)16-7-6-11-4-2-1-3-5-11;/h1-5,12,15H,6-10H2,(H,16,18)(H,17,19);1H. The molecule has 3 N–H and O–H groups in total.